The smallest absolute Gasteiger partial charge is 0.322 e. The highest BCUT2D eigenvalue weighted by atomic mass is 16.5. The summed E-state index contributed by atoms with van der Waals surface area (Å²) in [5, 5.41) is 12.4. The number of ether oxygens (including phenoxy) is 1. The minimum Gasteiger partial charge on any atom is -0.481 e. The molecule has 0 bridgehead atoms. The highest BCUT2D eigenvalue weighted by Gasteiger charge is 2.31. The Balaban J connectivity index is 1.97. The number of rotatable bonds is 4. The summed E-state index contributed by atoms with van der Waals surface area (Å²) in [6.07, 6.45) is 7.13. The molecule has 1 aliphatic rings. The molecule has 1 saturated heterocycles. The van der Waals surface area contributed by atoms with Crippen LogP contribution in [0, 0.1) is 18.3 Å². The second-order valence-corrected chi connectivity index (χ2v) is 5.51. The van der Waals surface area contributed by atoms with Gasteiger partial charge in [-0.2, -0.15) is 0 Å². The van der Waals surface area contributed by atoms with Crippen molar-refractivity contribution >= 4 is 11.7 Å². The van der Waals surface area contributed by atoms with Crippen molar-refractivity contribution in [2.24, 2.45) is 5.92 Å². The van der Waals surface area contributed by atoms with Gasteiger partial charge in [0.25, 0.3) is 0 Å². The number of aliphatic hydroxyl groups excluding tert-OH is 1. The molecule has 0 saturated carbocycles. The van der Waals surface area contributed by atoms with Crippen LogP contribution in [-0.4, -0.2) is 41.8 Å². The lowest BCUT2D eigenvalue weighted by Gasteiger charge is -2.38. The highest BCUT2D eigenvalue weighted by molar-refractivity contribution is 5.89. The maximum Gasteiger partial charge on any atom is 0.322 e. The van der Waals surface area contributed by atoms with E-state index in [1.807, 2.05) is 0 Å². The van der Waals surface area contributed by atoms with E-state index in [9.17, 15) is 9.90 Å². The third-order valence-electron chi connectivity index (χ3n) is 3.99. The first-order valence-corrected chi connectivity index (χ1v) is 7.50. The maximum absolute atomic E-state index is 12.4. The third-order valence-corrected chi connectivity index (χ3v) is 3.99. The molecule has 2 amide bonds. The van der Waals surface area contributed by atoms with Crippen LogP contribution >= 0.6 is 0 Å². The third kappa shape index (κ3) is 3.92. The Kier molecular flexibility index (Phi) is 5.68. The number of anilines is 1. The fraction of sp³-hybridized carbons (Fsp3) is 0.471. The zero-order chi connectivity index (χ0) is 15.9. The number of hydrogen-bond acceptors (Lipinski definition) is 3. The lowest BCUT2D eigenvalue weighted by molar-refractivity contribution is 0.0811. The van der Waals surface area contributed by atoms with E-state index in [0.29, 0.717) is 23.9 Å². The number of amides is 2. The van der Waals surface area contributed by atoms with Crippen molar-refractivity contribution in [2.75, 3.05) is 25.1 Å². The molecule has 2 rings (SSSR count). The van der Waals surface area contributed by atoms with Crippen LogP contribution in [-0.2, 0) is 0 Å². The predicted molar refractivity (Wildman–Crippen MR) is 85.8 cm³/mol. The van der Waals surface area contributed by atoms with Gasteiger partial charge in [0.15, 0.2) is 0 Å². The summed E-state index contributed by atoms with van der Waals surface area (Å²) in [5.41, 5.74) is 0.688. The maximum atomic E-state index is 12.4. The van der Waals surface area contributed by atoms with Gasteiger partial charge in [-0.25, -0.2) is 4.79 Å². The SMILES string of the molecule is C#CCOc1ccc(NC(=O)N2CCCC(C)C2CO)cc1. The van der Waals surface area contributed by atoms with Crippen molar-refractivity contribution in [3.63, 3.8) is 0 Å². The number of nitrogens with one attached hydrogen (secondary N) is 1. The van der Waals surface area contributed by atoms with E-state index in [0.717, 1.165) is 12.8 Å². The molecule has 1 aliphatic heterocycles. The molecule has 1 aromatic carbocycles. The second kappa shape index (κ2) is 7.71. The Morgan fingerprint density at radius 2 is 2.23 bits per heavy atom. The first-order chi connectivity index (χ1) is 10.7. The average Bonchev–Trinajstić information content (AvgIpc) is 2.54. The molecule has 1 aromatic rings. The Labute approximate surface area is 131 Å². The lowest BCUT2D eigenvalue weighted by Crippen LogP contribution is -2.51. The quantitative estimate of drug-likeness (QED) is 0.839. The molecule has 0 aliphatic carbocycles. The van der Waals surface area contributed by atoms with Crippen molar-refractivity contribution in [1.29, 1.82) is 0 Å². The zero-order valence-corrected chi connectivity index (χ0v) is 12.8. The van der Waals surface area contributed by atoms with Crippen LogP contribution in [0.4, 0.5) is 10.5 Å². The van der Waals surface area contributed by atoms with Crippen LogP contribution in [0.2, 0.25) is 0 Å². The van der Waals surface area contributed by atoms with Crippen molar-refractivity contribution in [2.45, 2.75) is 25.8 Å². The molecule has 2 atom stereocenters. The van der Waals surface area contributed by atoms with Gasteiger partial charge in [0, 0.05) is 12.2 Å². The Morgan fingerprint density at radius 1 is 1.50 bits per heavy atom. The molecular formula is C17H22N2O3. The molecule has 118 valence electrons. The summed E-state index contributed by atoms with van der Waals surface area (Å²) in [7, 11) is 0. The van der Waals surface area contributed by atoms with E-state index >= 15 is 0 Å². The van der Waals surface area contributed by atoms with Crippen LogP contribution in [0.3, 0.4) is 0 Å². The molecule has 1 fully saturated rings. The number of piperidine rings is 1. The van der Waals surface area contributed by atoms with Crippen LogP contribution in [0.15, 0.2) is 24.3 Å². The molecule has 5 nitrogen and oxygen atoms in total. The second-order valence-electron chi connectivity index (χ2n) is 5.51. The van der Waals surface area contributed by atoms with Gasteiger partial charge in [0.2, 0.25) is 0 Å². The van der Waals surface area contributed by atoms with Gasteiger partial charge < -0.3 is 20.1 Å². The minimum absolute atomic E-state index is 0.00649. The monoisotopic (exact) mass is 302 g/mol. The summed E-state index contributed by atoms with van der Waals surface area (Å²) in [6, 6.07) is 6.76. The molecule has 0 aromatic heterocycles. The number of aliphatic hydroxyl groups is 1. The molecule has 5 heteroatoms. The largest absolute Gasteiger partial charge is 0.481 e. The van der Waals surface area contributed by atoms with Crippen LogP contribution in [0.25, 0.3) is 0 Å². The molecule has 2 N–H and O–H groups in total. The summed E-state index contributed by atoms with van der Waals surface area (Å²) < 4.78 is 5.29. The standard InChI is InChI=1S/C17H22N2O3/c1-3-11-22-15-8-6-14(7-9-15)18-17(21)19-10-4-5-13(2)16(19)12-20/h1,6-9,13,16,20H,4-5,10-12H2,2H3,(H,18,21). The number of benzene rings is 1. The average molecular weight is 302 g/mol. The van der Waals surface area contributed by atoms with Crippen LogP contribution in [0.5, 0.6) is 5.75 Å². The Hall–Kier alpha value is -2.19. The number of likely N-dealkylation sites (tertiary alicyclic amines) is 1. The first kappa shape index (κ1) is 16.2. The minimum atomic E-state index is -0.178. The van der Waals surface area contributed by atoms with E-state index in [-0.39, 0.29) is 25.3 Å². The fourth-order valence-electron chi connectivity index (χ4n) is 2.73. The fourth-order valence-corrected chi connectivity index (χ4v) is 2.73. The number of urea groups is 1. The Morgan fingerprint density at radius 3 is 2.86 bits per heavy atom. The lowest BCUT2D eigenvalue weighted by atomic mass is 9.91. The molecular weight excluding hydrogens is 280 g/mol. The summed E-state index contributed by atoms with van der Waals surface area (Å²) in [5.74, 6) is 3.37. The van der Waals surface area contributed by atoms with Gasteiger partial charge >= 0.3 is 6.03 Å². The van der Waals surface area contributed by atoms with Crippen molar-refractivity contribution in [3.05, 3.63) is 24.3 Å². The Bertz CT molecular complexity index is 536. The number of terminal acetylenes is 1. The number of carbonyl (C=O) groups is 1. The zero-order valence-electron chi connectivity index (χ0n) is 12.8. The first-order valence-electron chi connectivity index (χ1n) is 7.50. The molecule has 0 spiro atoms. The van der Waals surface area contributed by atoms with Gasteiger partial charge in [-0.1, -0.05) is 12.8 Å². The summed E-state index contributed by atoms with van der Waals surface area (Å²) in [4.78, 5) is 14.1. The highest BCUT2D eigenvalue weighted by Crippen LogP contribution is 2.24. The van der Waals surface area contributed by atoms with Crippen molar-refractivity contribution in [3.8, 4) is 18.1 Å². The number of hydrogen-bond donors (Lipinski definition) is 2. The van der Waals surface area contributed by atoms with E-state index < -0.39 is 0 Å². The van der Waals surface area contributed by atoms with Gasteiger partial charge in [-0.05, 0) is 43.0 Å². The van der Waals surface area contributed by atoms with E-state index in [4.69, 9.17) is 11.2 Å². The topological polar surface area (TPSA) is 61.8 Å². The van der Waals surface area contributed by atoms with E-state index in [1.54, 1.807) is 29.2 Å². The van der Waals surface area contributed by atoms with Crippen molar-refractivity contribution < 1.29 is 14.6 Å². The molecule has 2 unspecified atom stereocenters. The normalized spacial score (nSPS) is 21.0. The predicted octanol–water partition coefficient (Wildman–Crippen LogP) is 2.32. The van der Waals surface area contributed by atoms with Crippen LogP contribution in [0.1, 0.15) is 19.8 Å². The van der Waals surface area contributed by atoms with Gasteiger partial charge in [0.1, 0.15) is 12.4 Å². The van der Waals surface area contributed by atoms with Gasteiger partial charge in [-0.15, -0.1) is 6.42 Å². The summed E-state index contributed by atoms with van der Waals surface area (Å²) >= 11 is 0. The van der Waals surface area contributed by atoms with Gasteiger partial charge in [0.05, 0.1) is 12.6 Å². The van der Waals surface area contributed by atoms with Crippen LogP contribution < -0.4 is 10.1 Å². The molecule has 0 radical (unpaired) electrons. The summed E-state index contributed by atoms with van der Waals surface area (Å²) in [6.45, 7) is 2.95. The van der Waals surface area contributed by atoms with E-state index in [1.165, 1.54) is 0 Å². The molecule has 22 heavy (non-hydrogen) atoms. The van der Waals surface area contributed by atoms with Gasteiger partial charge in [-0.3, -0.25) is 0 Å². The number of nitrogens with zero attached hydrogens (tertiary/aromatic N) is 1. The van der Waals surface area contributed by atoms with E-state index in [2.05, 4.69) is 18.2 Å². The number of carbonyl (C=O) groups excluding carboxylic acids is 1. The molecule has 1 heterocycles. The van der Waals surface area contributed by atoms with Crippen molar-refractivity contribution in [1.82, 2.24) is 4.90 Å².